The summed E-state index contributed by atoms with van der Waals surface area (Å²) in [5.41, 5.74) is 12.3. The van der Waals surface area contributed by atoms with E-state index in [-0.39, 0.29) is 12.6 Å². The van der Waals surface area contributed by atoms with E-state index in [0.717, 1.165) is 49.6 Å². The molecule has 0 unspecified atom stereocenters. The molecule has 172 valence electrons. The predicted molar refractivity (Wildman–Crippen MR) is 137 cm³/mol. The Morgan fingerprint density at radius 3 is 2.74 bits per heavy atom. The maximum absolute atomic E-state index is 9.53. The molecule has 1 atom stereocenters. The number of aromatic amines is 1. The van der Waals surface area contributed by atoms with E-state index in [0.29, 0.717) is 12.4 Å². The molecule has 0 aliphatic heterocycles. The number of aliphatic hydroxyl groups excluding tert-OH is 1. The summed E-state index contributed by atoms with van der Waals surface area (Å²) in [5.74, 6) is 0.671. The van der Waals surface area contributed by atoms with Crippen molar-refractivity contribution in [1.29, 1.82) is 0 Å². The summed E-state index contributed by atoms with van der Waals surface area (Å²) < 4.78 is 6.07. The number of H-pyrrole nitrogens is 1. The van der Waals surface area contributed by atoms with Gasteiger partial charge < -0.3 is 15.6 Å². The van der Waals surface area contributed by atoms with Gasteiger partial charge in [-0.2, -0.15) is 5.10 Å². The molecule has 0 saturated carbocycles. The normalized spacial score (nSPS) is 12.2. The molecule has 34 heavy (non-hydrogen) atoms. The molecule has 0 amide bonds. The van der Waals surface area contributed by atoms with Gasteiger partial charge in [-0.05, 0) is 54.8 Å². The van der Waals surface area contributed by atoms with E-state index >= 15 is 0 Å². The lowest BCUT2D eigenvalue weighted by atomic mass is 10.0. The van der Waals surface area contributed by atoms with Crippen LogP contribution < -0.4 is 10.5 Å². The van der Waals surface area contributed by atoms with Crippen LogP contribution in [0.2, 0.25) is 0 Å². The second-order valence-electron chi connectivity index (χ2n) is 8.33. The van der Waals surface area contributed by atoms with Gasteiger partial charge in [0.2, 0.25) is 0 Å². The molecule has 4 N–H and O–H groups in total. The molecular weight excluding hydrogens is 444 g/mol. The van der Waals surface area contributed by atoms with Crippen LogP contribution in [0.15, 0.2) is 72.9 Å². The highest BCUT2D eigenvalue weighted by molar-refractivity contribution is 7.15. The Bertz CT molecular complexity index is 1410. The Hall–Kier alpha value is -3.52. The smallest absolute Gasteiger partial charge is 0.138 e. The number of fused-ring (bicyclic) bond motifs is 1. The van der Waals surface area contributed by atoms with Crippen molar-refractivity contribution in [3.05, 3.63) is 89.1 Å². The fourth-order valence-electron chi connectivity index (χ4n) is 4.02. The number of hydrogen-bond donors (Lipinski definition) is 3. The highest BCUT2D eigenvalue weighted by atomic mass is 32.1. The van der Waals surface area contributed by atoms with E-state index in [2.05, 4.69) is 34.5 Å². The number of ether oxygens (including phenoxy) is 1. The van der Waals surface area contributed by atoms with Crippen molar-refractivity contribution < 1.29 is 9.84 Å². The molecule has 5 aromatic rings. The lowest BCUT2D eigenvalue weighted by Crippen LogP contribution is -2.30. The molecule has 2 aromatic carbocycles. The minimum Gasteiger partial charge on any atom is -0.490 e. The maximum atomic E-state index is 9.53. The molecule has 3 heterocycles. The first-order chi connectivity index (χ1) is 16.6. The SMILES string of the molecule is Cc1[nH]nc2ccc(-c3cc(OC[C@H](N)Cc4ccccc4)cnc3-c3ccc(CO)s3)cc12. The standard InChI is InChI=1S/C27H26N4O2S/c1-17-23-12-19(7-9-25(23)31-30-17)24-13-21(14-29-27(24)26-10-8-22(15-32)34-26)33-16-20(28)11-18-5-3-2-4-6-18/h2-10,12-14,20,32H,11,15-16,28H2,1H3,(H,30,31)/t20-/m1/s1. The number of hydrogen-bond acceptors (Lipinski definition) is 6. The number of benzene rings is 2. The van der Waals surface area contributed by atoms with Gasteiger partial charge in [0.15, 0.2) is 0 Å². The van der Waals surface area contributed by atoms with Crippen molar-refractivity contribution in [1.82, 2.24) is 15.2 Å². The van der Waals surface area contributed by atoms with Crippen molar-refractivity contribution in [2.24, 2.45) is 5.73 Å². The van der Waals surface area contributed by atoms with Crippen LogP contribution in [0.25, 0.3) is 32.6 Å². The fraction of sp³-hybridized carbons (Fsp3) is 0.185. The second kappa shape index (κ2) is 9.77. The largest absolute Gasteiger partial charge is 0.490 e. The zero-order chi connectivity index (χ0) is 23.5. The fourth-order valence-corrected chi connectivity index (χ4v) is 4.89. The van der Waals surface area contributed by atoms with Crippen LogP contribution in [-0.4, -0.2) is 32.9 Å². The summed E-state index contributed by atoms with van der Waals surface area (Å²) in [6, 6.07) is 22.2. The molecule has 6 nitrogen and oxygen atoms in total. The first-order valence-corrected chi connectivity index (χ1v) is 12.0. The number of aromatic nitrogens is 3. The number of aryl methyl sites for hydroxylation is 1. The van der Waals surface area contributed by atoms with Gasteiger partial charge >= 0.3 is 0 Å². The molecule has 5 rings (SSSR count). The van der Waals surface area contributed by atoms with Crippen molar-refractivity contribution in [2.75, 3.05) is 6.61 Å². The van der Waals surface area contributed by atoms with Crippen molar-refractivity contribution in [3.63, 3.8) is 0 Å². The molecule has 0 aliphatic rings. The van der Waals surface area contributed by atoms with Gasteiger partial charge in [-0.3, -0.25) is 10.1 Å². The third-order valence-electron chi connectivity index (χ3n) is 5.77. The first-order valence-electron chi connectivity index (χ1n) is 11.2. The van der Waals surface area contributed by atoms with Gasteiger partial charge in [-0.15, -0.1) is 11.3 Å². The van der Waals surface area contributed by atoms with Gasteiger partial charge in [-0.25, -0.2) is 0 Å². The molecule has 3 aromatic heterocycles. The van der Waals surface area contributed by atoms with E-state index in [1.165, 1.54) is 16.9 Å². The van der Waals surface area contributed by atoms with Crippen molar-refractivity contribution in [2.45, 2.75) is 26.0 Å². The highest BCUT2D eigenvalue weighted by Crippen LogP contribution is 2.37. The number of nitrogens with two attached hydrogens (primary N) is 1. The molecule has 0 radical (unpaired) electrons. The zero-order valence-electron chi connectivity index (χ0n) is 18.9. The first kappa shape index (κ1) is 22.3. The average molecular weight is 471 g/mol. The monoisotopic (exact) mass is 470 g/mol. The number of nitrogens with one attached hydrogen (secondary N) is 1. The van der Waals surface area contributed by atoms with E-state index in [4.69, 9.17) is 15.5 Å². The molecule has 0 fully saturated rings. The molecule has 0 spiro atoms. The molecule has 0 saturated heterocycles. The summed E-state index contributed by atoms with van der Waals surface area (Å²) >= 11 is 1.54. The van der Waals surface area contributed by atoms with Crippen LogP contribution in [-0.2, 0) is 13.0 Å². The van der Waals surface area contributed by atoms with Gasteiger partial charge in [0.1, 0.15) is 12.4 Å². The summed E-state index contributed by atoms with van der Waals surface area (Å²) in [4.78, 5) is 6.66. The quantitative estimate of drug-likeness (QED) is 0.293. The molecule has 7 heteroatoms. The number of nitrogens with zero attached hydrogens (tertiary/aromatic N) is 2. The summed E-state index contributed by atoms with van der Waals surface area (Å²) in [6.07, 6.45) is 2.49. The number of rotatable bonds is 8. The van der Waals surface area contributed by atoms with E-state index in [9.17, 15) is 5.11 Å². The summed E-state index contributed by atoms with van der Waals surface area (Å²) in [7, 11) is 0. The van der Waals surface area contributed by atoms with Crippen LogP contribution >= 0.6 is 11.3 Å². The molecule has 0 bridgehead atoms. The van der Waals surface area contributed by atoms with Crippen LogP contribution in [0.3, 0.4) is 0 Å². The van der Waals surface area contributed by atoms with Gasteiger partial charge in [0.25, 0.3) is 0 Å². The van der Waals surface area contributed by atoms with Gasteiger partial charge in [-0.1, -0.05) is 36.4 Å². The maximum Gasteiger partial charge on any atom is 0.138 e. The predicted octanol–water partition coefficient (Wildman–Crippen LogP) is 5.10. The minimum absolute atomic E-state index is 0.0146. The number of pyridine rings is 1. The van der Waals surface area contributed by atoms with E-state index in [1.807, 2.05) is 49.4 Å². The Labute approximate surface area is 202 Å². The second-order valence-corrected chi connectivity index (χ2v) is 9.50. The summed E-state index contributed by atoms with van der Waals surface area (Å²) in [5, 5.41) is 18.0. The van der Waals surface area contributed by atoms with Crippen molar-refractivity contribution >= 4 is 22.2 Å². The summed E-state index contributed by atoms with van der Waals surface area (Å²) in [6.45, 7) is 2.42. The van der Waals surface area contributed by atoms with Crippen LogP contribution in [0.4, 0.5) is 0 Å². The van der Waals surface area contributed by atoms with Crippen LogP contribution in [0.1, 0.15) is 16.1 Å². The molecular formula is C27H26N4O2S. The lowest BCUT2D eigenvalue weighted by Gasteiger charge is -2.15. The van der Waals surface area contributed by atoms with Crippen molar-refractivity contribution in [3.8, 4) is 27.4 Å². The topological polar surface area (TPSA) is 97.0 Å². The minimum atomic E-state index is -0.125. The van der Waals surface area contributed by atoms with Crippen LogP contribution in [0, 0.1) is 6.92 Å². The van der Waals surface area contributed by atoms with E-state index < -0.39 is 0 Å². The third-order valence-corrected chi connectivity index (χ3v) is 6.85. The van der Waals surface area contributed by atoms with Gasteiger partial charge in [0.05, 0.1) is 28.9 Å². The number of aliphatic hydroxyl groups is 1. The Morgan fingerprint density at radius 2 is 1.94 bits per heavy atom. The molecule has 0 aliphatic carbocycles. The lowest BCUT2D eigenvalue weighted by molar-refractivity contribution is 0.285. The number of thiophene rings is 1. The Kier molecular flexibility index (Phi) is 6.40. The average Bonchev–Trinajstić information content (AvgIpc) is 3.50. The zero-order valence-corrected chi connectivity index (χ0v) is 19.7. The van der Waals surface area contributed by atoms with Gasteiger partial charge in [0, 0.05) is 27.6 Å². The van der Waals surface area contributed by atoms with Crippen LogP contribution in [0.5, 0.6) is 5.75 Å². The highest BCUT2D eigenvalue weighted by Gasteiger charge is 2.15. The third kappa shape index (κ3) is 4.72. The Morgan fingerprint density at radius 1 is 1.09 bits per heavy atom. The Balaban J connectivity index is 1.46. The van der Waals surface area contributed by atoms with E-state index in [1.54, 1.807) is 6.20 Å².